The highest BCUT2D eigenvalue weighted by Crippen LogP contribution is 2.27. The van der Waals surface area contributed by atoms with Crippen molar-refractivity contribution in [2.75, 3.05) is 12.4 Å². The molecule has 0 aliphatic rings. The van der Waals surface area contributed by atoms with Gasteiger partial charge >= 0.3 is 11.9 Å². The average Bonchev–Trinajstić information content (AvgIpc) is 2.90. The van der Waals surface area contributed by atoms with Crippen LogP contribution in [0, 0.1) is 0 Å². The molecular weight excluding hydrogens is 494 g/mol. The summed E-state index contributed by atoms with van der Waals surface area (Å²) in [7, 11) is 0. The lowest BCUT2D eigenvalue weighted by Gasteiger charge is -2.31. The summed E-state index contributed by atoms with van der Waals surface area (Å²) in [5.41, 5.74) is 14.2. The predicted molar refractivity (Wildman–Crippen MR) is 142 cm³/mol. The summed E-state index contributed by atoms with van der Waals surface area (Å²) >= 11 is 1.43. The zero-order valence-electron chi connectivity index (χ0n) is 21.2. The molecule has 5 N–H and O–H groups in total. The molecule has 0 heterocycles. The van der Waals surface area contributed by atoms with Gasteiger partial charge in [0.1, 0.15) is 6.04 Å². The molecule has 0 bridgehead atoms. The minimum absolute atomic E-state index is 0.0435. The van der Waals surface area contributed by atoms with Gasteiger partial charge in [0.05, 0.1) is 12.6 Å². The topological polar surface area (TPSA) is 153 Å². The van der Waals surface area contributed by atoms with Crippen molar-refractivity contribution in [3.05, 3.63) is 71.3 Å². The maximum Gasteiger partial charge on any atom is 0.334 e. The molecule has 3 atom stereocenters. The maximum atomic E-state index is 13.6. The van der Waals surface area contributed by atoms with Gasteiger partial charge in [-0.15, -0.1) is 0 Å². The molecule has 0 fully saturated rings. The number of ether oxygens (including phenoxy) is 1. The van der Waals surface area contributed by atoms with Crippen LogP contribution in [0.25, 0.3) is 0 Å². The highest BCUT2D eigenvalue weighted by molar-refractivity contribution is 7.98. The number of carbonyl (C=O) groups excluding carboxylic acids is 3. The summed E-state index contributed by atoms with van der Waals surface area (Å²) in [6.07, 6.45) is 0.112. The lowest BCUT2D eigenvalue weighted by molar-refractivity contribution is -0.162. The highest BCUT2D eigenvalue weighted by Gasteiger charge is 2.39. The summed E-state index contributed by atoms with van der Waals surface area (Å²) in [5, 5.41) is 9.11. The summed E-state index contributed by atoms with van der Waals surface area (Å²) in [6, 6.07) is 12.9. The van der Waals surface area contributed by atoms with Gasteiger partial charge in [0.2, 0.25) is 11.8 Å². The van der Waals surface area contributed by atoms with E-state index in [1.54, 1.807) is 25.1 Å². The van der Waals surface area contributed by atoms with Crippen molar-refractivity contribution in [3.8, 4) is 0 Å². The SMILES string of the molecule is CCOC(=O)[C@@H](c1cccc(CC)c1)N(C(=O)CC[C@H](N)C(=O)O)C(=O)[C@@H](N)CSCc1ccccc1. The van der Waals surface area contributed by atoms with E-state index in [0.29, 0.717) is 17.7 Å². The minimum Gasteiger partial charge on any atom is -0.480 e. The molecule has 0 aliphatic heterocycles. The standard InChI is InChI=1S/C27H35N3O6S/c1-3-18-11-8-12-20(15-18)24(27(35)36-4-2)30(23(31)14-13-21(28)26(33)34)25(32)22(29)17-37-16-19-9-6-5-7-10-19/h5-12,15,21-22,24H,3-4,13-14,16-17,28-29H2,1-2H3,(H,33,34)/t21-,22-,24+/m0/s1. The van der Waals surface area contributed by atoms with Crippen molar-refractivity contribution in [3.63, 3.8) is 0 Å². The fourth-order valence-corrected chi connectivity index (χ4v) is 4.58. The lowest BCUT2D eigenvalue weighted by Crippen LogP contribution is -2.51. The van der Waals surface area contributed by atoms with Crippen LogP contribution in [-0.2, 0) is 36.1 Å². The summed E-state index contributed by atoms with van der Waals surface area (Å²) < 4.78 is 5.25. The summed E-state index contributed by atoms with van der Waals surface area (Å²) in [4.78, 5) is 52.1. The van der Waals surface area contributed by atoms with Crippen LogP contribution in [-0.4, -0.2) is 58.2 Å². The van der Waals surface area contributed by atoms with Gasteiger partial charge in [0.25, 0.3) is 0 Å². The van der Waals surface area contributed by atoms with E-state index in [1.165, 1.54) is 11.8 Å². The van der Waals surface area contributed by atoms with Gasteiger partial charge in [-0.3, -0.25) is 19.3 Å². The van der Waals surface area contributed by atoms with Gasteiger partial charge in [-0.25, -0.2) is 4.79 Å². The first-order chi connectivity index (χ1) is 17.7. The molecule has 37 heavy (non-hydrogen) atoms. The molecule has 2 rings (SSSR count). The van der Waals surface area contributed by atoms with Crippen molar-refractivity contribution in [2.45, 2.75) is 57.0 Å². The first-order valence-corrected chi connectivity index (χ1v) is 13.3. The fraction of sp³-hybridized carbons (Fsp3) is 0.407. The molecule has 0 radical (unpaired) electrons. The minimum atomic E-state index is -1.36. The molecule has 0 aromatic heterocycles. The van der Waals surface area contributed by atoms with Crippen LogP contribution in [0.1, 0.15) is 49.4 Å². The number of hydrogen-bond acceptors (Lipinski definition) is 8. The molecular formula is C27H35N3O6S. The quantitative estimate of drug-likeness (QED) is 0.313. The molecule has 0 unspecified atom stereocenters. The second-order valence-electron chi connectivity index (χ2n) is 8.45. The Hall–Kier alpha value is -3.21. The normalized spacial score (nSPS) is 13.3. The molecule has 0 saturated heterocycles. The number of thioether (sulfide) groups is 1. The smallest absolute Gasteiger partial charge is 0.334 e. The van der Waals surface area contributed by atoms with Gasteiger partial charge in [-0.05, 0) is 36.5 Å². The van der Waals surface area contributed by atoms with E-state index in [1.807, 2.05) is 43.3 Å². The number of aryl methyl sites for hydroxylation is 1. The zero-order valence-corrected chi connectivity index (χ0v) is 22.0. The second kappa shape index (κ2) is 15.1. The lowest BCUT2D eigenvalue weighted by atomic mass is 9.99. The van der Waals surface area contributed by atoms with E-state index in [4.69, 9.17) is 21.3 Å². The first-order valence-electron chi connectivity index (χ1n) is 12.2. The Kier molecular flexibility index (Phi) is 12.3. The Labute approximate surface area is 221 Å². The number of aliphatic carboxylic acids is 1. The third-order valence-corrected chi connectivity index (χ3v) is 6.79. The summed E-state index contributed by atoms with van der Waals surface area (Å²) in [6.45, 7) is 3.62. The number of rotatable bonds is 14. The Morgan fingerprint density at radius 3 is 2.27 bits per heavy atom. The van der Waals surface area contributed by atoms with Crippen LogP contribution in [0.5, 0.6) is 0 Å². The number of hydrogen-bond donors (Lipinski definition) is 3. The van der Waals surface area contributed by atoms with Crippen molar-refractivity contribution >= 4 is 35.5 Å². The average molecular weight is 530 g/mol. The number of carboxylic acids is 1. The van der Waals surface area contributed by atoms with E-state index in [9.17, 15) is 19.2 Å². The summed E-state index contributed by atoms with van der Waals surface area (Å²) in [5.74, 6) is -2.71. The number of esters is 1. The molecule has 10 heteroatoms. The van der Waals surface area contributed by atoms with E-state index in [2.05, 4.69) is 0 Å². The Morgan fingerprint density at radius 1 is 0.973 bits per heavy atom. The van der Waals surface area contributed by atoms with Crippen LogP contribution in [0.4, 0.5) is 0 Å². The van der Waals surface area contributed by atoms with Crippen LogP contribution >= 0.6 is 11.8 Å². The number of amides is 2. The predicted octanol–water partition coefficient (Wildman–Crippen LogP) is 2.66. The molecule has 9 nitrogen and oxygen atoms in total. The number of imide groups is 1. The third kappa shape index (κ3) is 8.99. The third-order valence-electron chi connectivity index (χ3n) is 5.66. The van der Waals surface area contributed by atoms with Gasteiger partial charge in [-0.1, -0.05) is 61.5 Å². The molecule has 2 amide bonds. The molecule has 0 spiro atoms. The second-order valence-corrected chi connectivity index (χ2v) is 9.48. The fourth-order valence-electron chi connectivity index (χ4n) is 3.64. The van der Waals surface area contributed by atoms with Crippen molar-refractivity contribution in [2.24, 2.45) is 11.5 Å². The molecule has 2 aromatic carbocycles. The monoisotopic (exact) mass is 529 g/mol. The number of nitrogens with zero attached hydrogens (tertiary/aromatic N) is 1. The van der Waals surface area contributed by atoms with Gasteiger partial charge < -0.3 is 21.3 Å². The zero-order chi connectivity index (χ0) is 27.4. The Bertz CT molecular complexity index is 1070. The van der Waals surface area contributed by atoms with Crippen molar-refractivity contribution < 1.29 is 29.0 Å². The van der Waals surface area contributed by atoms with Crippen LogP contribution in [0.2, 0.25) is 0 Å². The number of carbonyl (C=O) groups is 4. The van der Waals surface area contributed by atoms with Crippen LogP contribution in [0.3, 0.4) is 0 Å². The van der Waals surface area contributed by atoms with E-state index >= 15 is 0 Å². The van der Waals surface area contributed by atoms with E-state index in [0.717, 1.165) is 16.0 Å². The van der Waals surface area contributed by atoms with Gasteiger partial charge in [-0.2, -0.15) is 11.8 Å². The Balaban J connectivity index is 2.37. The van der Waals surface area contributed by atoms with Gasteiger partial charge in [0, 0.05) is 17.9 Å². The maximum absolute atomic E-state index is 13.6. The van der Waals surface area contributed by atoms with Crippen molar-refractivity contribution in [1.29, 1.82) is 0 Å². The molecule has 200 valence electrons. The Morgan fingerprint density at radius 2 is 1.65 bits per heavy atom. The molecule has 2 aromatic rings. The number of nitrogens with two attached hydrogens (primary N) is 2. The largest absolute Gasteiger partial charge is 0.480 e. The molecule has 0 aliphatic carbocycles. The van der Waals surface area contributed by atoms with Crippen LogP contribution < -0.4 is 11.5 Å². The number of carboxylic acid groups (broad SMARTS) is 1. The molecule has 0 saturated carbocycles. The van der Waals surface area contributed by atoms with Gasteiger partial charge in [0.15, 0.2) is 6.04 Å². The van der Waals surface area contributed by atoms with Crippen molar-refractivity contribution in [1.82, 2.24) is 4.90 Å². The first kappa shape index (κ1) is 30.0. The number of benzene rings is 2. The highest BCUT2D eigenvalue weighted by atomic mass is 32.2. The van der Waals surface area contributed by atoms with Crippen LogP contribution in [0.15, 0.2) is 54.6 Å². The van der Waals surface area contributed by atoms with E-state index < -0.39 is 41.9 Å². The van der Waals surface area contributed by atoms with E-state index in [-0.39, 0.29) is 25.2 Å².